The van der Waals surface area contributed by atoms with Crippen LogP contribution >= 0.6 is 11.6 Å². The summed E-state index contributed by atoms with van der Waals surface area (Å²) in [6, 6.07) is 7.61. The minimum atomic E-state index is -0.0662. The normalized spacial score (nSPS) is 17.0. The number of carbonyl (C=O) groups excluding carboxylic acids is 1. The molecule has 1 N–H and O–H groups in total. The van der Waals surface area contributed by atoms with Crippen molar-refractivity contribution in [2.24, 2.45) is 5.41 Å². The van der Waals surface area contributed by atoms with Gasteiger partial charge in [-0.15, -0.1) is 0 Å². The van der Waals surface area contributed by atoms with Crippen molar-refractivity contribution in [3.05, 3.63) is 41.2 Å². The molecule has 1 amide bonds. The van der Waals surface area contributed by atoms with Crippen LogP contribution in [-0.4, -0.2) is 17.4 Å². The van der Waals surface area contributed by atoms with Crippen LogP contribution in [0.4, 0.5) is 0 Å². The molecule has 1 fully saturated rings. The molecule has 0 saturated heterocycles. The second-order valence-corrected chi connectivity index (χ2v) is 6.57. The van der Waals surface area contributed by atoms with Crippen LogP contribution in [0, 0.1) is 5.41 Å². The van der Waals surface area contributed by atoms with Crippen molar-refractivity contribution in [1.29, 1.82) is 0 Å². The molecule has 0 unspecified atom stereocenters. The number of carbonyl (C=O) groups is 1. The third-order valence-electron chi connectivity index (χ3n) is 4.48. The van der Waals surface area contributed by atoms with E-state index in [4.69, 9.17) is 11.6 Å². The second kappa shape index (κ2) is 5.64. The van der Waals surface area contributed by atoms with E-state index in [2.05, 4.69) is 17.2 Å². The van der Waals surface area contributed by atoms with Gasteiger partial charge < -0.3 is 5.32 Å². The van der Waals surface area contributed by atoms with Crippen LogP contribution in [0.25, 0.3) is 10.8 Å². The zero-order valence-electron chi connectivity index (χ0n) is 12.2. The fraction of sp³-hybridized carbons (Fsp3) is 0.412. The topological polar surface area (TPSA) is 42.0 Å². The van der Waals surface area contributed by atoms with Gasteiger partial charge in [0, 0.05) is 18.1 Å². The third-order valence-corrected chi connectivity index (χ3v) is 4.78. The van der Waals surface area contributed by atoms with E-state index in [9.17, 15) is 4.79 Å². The van der Waals surface area contributed by atoms with Crippen LogP contribution < -0.4 is 5.32 Å². The number of hydrogen-bond acceptors (Lipinski definition) is 2. The molecule has 1 aromatic carbocycles. The summed E-state index contributed by atoms with van der Waals surface area (Å²) in [6.07, 6.45) is 6.46. The van der Waals surface area contributed by atoms with E-state index in [-0.39, 0.29) is 11.3 Å². The molecular weight excluding hydrogens is 284 g/mol. The van der Waals surface area contributed by atoms with Crippen molar-refractivity contribution >= 4 is 28.3 Å². The van der Waals surface area contributed by atoms with Gasteiger partial charge in [-0.1, -0.05) is 55.6 Å². The molecule has 1 saturated carbocycles. The highest BCUT2D eigenvalue weighted by Crippen LogP contribution is 2.36. The van der Waals surface area contributed by atoms with Crippen molar-refractivity contribution in [1.82, 2.24) is 10.3 Å². The number of amides is 1. The summed E-state index contributed by atoms with van der Waals surface area (Å²) < 4.78 is 0. The first-order valence-electron chi connectivity index (χ1n) is 7.41. The minimum absolute atomic E-state index is 0.0662. The van der Waals surface area contributed by atoms with Crippen molar-refractivity contribution in [3.8, 4) is 0 Å². The molecule has 2 aromatic rings. The van der Waals surface area contributed by atoms with Crippen molar-refractivity contribution in [3.63, 3.8) is 0 Å². The predicted molar refractivity (Wildman–Crippen MR) is 85.7 cm³/mol. The fourth-order valence-electron chi connectivity index (χ4n) is 3.13. The minimum Gasteiger partial charge on any atom is -0.351 e. The monoisotopic (exact) mass is 302 g/mol. The van der Waals surface area contributed by atoms with Crippen LogP contribution in [0.3, 0.4) is 0 Å². The zero-order chi connectivity index (χ0) is 14.9. The standard InChI is InChI=1S/C17H19ClN2O/c1-17(8-4-5-9-17)11-20-16(21)14-10-19-15(18)13-7-3-2-6-12(13)14/h2-3,6-7,10H,4-5,8-9,11H2,1H3,(H,20,21). The molecule has 3 nitrogen and oxygen atoms in total. The van der Waals surface area contributed by atoms with E-state index in [1.165, 1.54) is 25.7 Å². The summed E-state index contributed by atoms with van der Waals surface area (Å²) in [5.41, 5.74) is 0.835. The van der Waals surface area contributed by atoms with Gasteiger partial charge in [0.1, 0.15) is 5.15 Å². The van der Waals surface area contributed by atoms with Crippen LogP contribution in [0.5, 0.6) is 0 Å². The van der Waals surface area contributed by atoms with Gasteiger partial charge in [-0.3, -0.25) is 4.79 Å². The highest BCUT2D eigenvalue weighted by molar-refractivity contribution is 6.34. The summed E-state index contributed by atoms with van der Waals surface area (Å²) in [7, 11) is 0. The van der Waals surface area contributed by atoms with Gasteiger partial charge in [0.05, 0.1) is 5.56 Å². The summed E-state index contributed by atoms with van der Waals surface area (Å²) in [6.45, 7) is 2.97. The largest absolute Gasteiger partial charge is 0.351 e. The molecule has 0 radical (unpaired) electrons. The first-order valence-corrected chi connectivity index (χ1v) is 7.78. The SMILES string of the molecule is CC1(CNC(=O)c2cnc(Cl)c3ccccc23)CCCC1. The maximum Gasteiger partial charge on any atom is 0.253 e. The van der Waals surface area contributed by atoms with Crippen LogP contribution in [0.15, 0.2) is 30.5 Å². The molecule has 0 aliphatic heterocycles. The summed E-state index contributed by atoms with van der Waals surface area (Å²) in [4.78, 5) is 16.6. The van der Waals surface area contributed by atoms with E-state index >= 15 is 0 Å². The molecule has 1 aliphatic rings. The Morgan fingerprint density at radius 1 is 1.29 bits per heavy atom. The van der Waals surface area contributed by atoms with Gasteiger partial charge in [0.25, 0.3) is 5.91 Å². The number of pyridine rings is 1. The molecular formula is C17H19ClN2O. The van der Waals surface area contributed by atoms with Crippen molar-refractivity contribution < 1.29 is 4.79 Å². The smallest absolute Gasteiger partial charge is 0.253 e. The van der Waals surface area contributed by atoms with Gasteiger partial charge in [-0.25, -0.2) is 4.98 Å². The van der Waals surface area contributed by atoms with Crippen LogP contribution in [0.1, 0.15) is 43.0 Å². The van der Waals surface area contributed by atoms with Gasteiger partial charge >= 0.3 is 0 Å². The lowest BCUT2D eigenvalue weighted by atomic mass is 9.89. The highest BCUT2D eigenvalue weighted by Gasteiger charge is 2.29. The summed E-state index contributed by atoms with van der Waals surface area (Å²) in [5, 5.41) is 5.18. The quantitative estimate of drug-likeness (QED) is 0.863. The lowest BCUT2D eigenvalue weighted by Crippen LogP contribution is -2.34. The molecule has 1 aromatic heterocycles. The Morgan fingerprint density at radius 3 is 2.67 bits per heavy atom. The molecule has 0 bridgehead atoms. The molecule has 0 spiro atoms. The van der Waals surface area contributed by atoms with E-state index < -0.39 is 0 Å². The van der Waals surface area contributed by atoms with Crippen LogP contribution in [-0.2, 0) is 0 Å². The number of nitrogens with one attached hydrogen (secondary N) is 1. The Balaban J connectivity index is 1.83. The Kier molecular flexibility index (Phi) is 3.85. The first-order chi connectivity index (χ1) is 10.1. The second-order valence-electron chi connectivity index (χ2n) is 6.21. The Bertz CT molecular complexity index is 678. The summed E-state index contributed by atoms with van der Waals surface area (Å²) >= 11 is 6.09. The van der Waals surface area contributed by atoms with Crippen molar-refractivity contribution in [2.75, 3.05) is 6.54 Å². The maximum absolute atomic E-state index is 12.5. The first kappa shape index (κ1) is 14.3. The summed E-state index contributed by atoms with van der Waals surface area (Å²) in [5.74, 6) is -0.0662. The number of rotatable bonds is 3. The van der Waals surface area contributed by atoms with Gasteiger partial charge in [0.15, 0.2) is 0 Å². The molecule has 3 rings (SSSR count). The van der Waals surface area contributed by atoms with E-state index in [0.717, 1.165) is 17.3 Å². The average Bonchev–Trinajstić information content (AvgIpc) is 2.93. The number of hydrogen-bond donors (Lipinski definition) is 1. The Labute approximate surface area is 129 Å². The number of aromatic nitrogens is 1. The van der Waals surface area contributed by atoms with Gasteiger partial charge in [-0.05, 0) is 23.6 Å². The molecule has 110 valence electrons. The predicted octanol–water partition coefficient (Wildman–Crippen LogP) is 4.20. The lowest BCUT2D eigenvalue weighted by Gasteiger charge is -2.23. The van der Waals surface area contributed by atoms with Gasteiger partial charge in [-0.2, -0.15) is 0 Å². The molecule has 21 heavy (non-hydrogen) atoms. The number of halogens is 1. The molecule has 1 heterocycles. The number of benzene rings is 1. The van der Waals surface area contributed by atoms with E-state index in [0.29, 0.717) is 10.7 Å². The Hall–Kier alpha value is -1.61. The molecule has 1 aliphatic carbocycles. The maximum atomic E-state index is 12.5. The Morgan fingerprint density at radius 2 is 1.95 bits per heavy atom. The fourth-order valence-corrected chi connectivity index (χ4v) is 3.35. The highest BCUT2D eigenvalue weighted by atomic mass is 35.5. The third kappa shape index (κ3) is 2.88. The molecule has 0 atom stereocenters. The van der Waals surface area contributed by atoms with Gasteiger partial charge in [0.2, 0.25) is 0 Å². The zero-order valence-corrected chi connectivity index (χ0v) is 12.9. The van der Waals surface area contributed by atoms with Crippen molar-refractivity contribution in [2.45, 2.75) is 32.6 Å². The molecule has 4 heteroatoms. The number of fused-ring (bicyclic) bond motifs is 1. The van der Waals surface area contributed by atoms with Crippen LogP contribution in [0.2, 0.25) is 5.15 Å². The van der Waals surface area contributed by atoms with E-state index in [1.807, 2.05) is 24.3 Å². The van der Waals surface area contributed by atoms with E-state index in [1.54, 1.807) is 6.20 Å². The lowest BCUT2D eigenvalue weighted by molar-refractivity contribution is 0.0935. The number of nitrogens with zero attached hydrogens (tertiary/aromatic N) is 1. The average molecular weight is 303 g/mol.